The molecule has 0 aliphatic carbocycles. The molecule has 0 bridgehead atoms. The van der Waals surface area contributed by atoms with Crippen LogP contribution >= 0.6 is 22.6 Å². The zero-order valence-electron chi connectivity index (χ0n) is 6.20. The first kappa shape index (κ1) is 8.50. The average molecular weight is 294 g/mol. The molecule has 0 amide bonds. The summed E-state index contributed by atoms with van der Waals surface area (Å²) in [6.07, 6.45) is 0. The summed E-state index contributed by atoms with van der Waals surface area (Å²) in [6.45, 7) is 0. The van der Waals surface area contributed by atoms with Gasteiger partial charge in [-0.3, -0.25) is 0 Å². The number of hydrogen-bond donors (Lipinski definition) is 0. The second kappa shape index (κ2) is 2.70. The Morgan fingerprint density at radius 1 is 1.33 bits per heavy atom. The Balaban J connectivity index is 2.74. The quantitative estimate of drug-likeness (QED) is 0.541. The molecule has 1 aliphatic heterocycles. The lowest BCUT2D eigenvalue weighted by molar-refractivity contribution is 0.600. The molecule has 0 saturated carbocycles. The van der Waals surface area contributed by atoms with E-state index in [1.54, 1.807) is 12.1 Å². The molecule has 12 heavy (non-hydrogen) atoms. The summed E-state index contributed by atoms with van der Waals surface area (Å²) >= 11 is 2.17. The number of fused-ring (bicyclic) bond motifs is 1. The Morgan fingerprint density at radius 3 is 2.67 bits per heavy atom. The minimum absolute atomic E-state index is 0.129. The monoisotopic (exact) mass is 294 g/mol. The van der Waals surface area contributed by atoms with Crippen molar-refractivity contribution >= 4 is 32.4 Å². The van der Waals surface area contributed by atoms with Crippen molar-refractivity contribution in [1.82, 2.24) is 0 Å². The molecule has 64 valence electrons. The number of sulfone groups is 1. The lowest BCUT2D eigenvalue weighted by Crippen LogP contribution is -1.99. The van der Waals surface area contributed by atoms with Gasteiger partial charge in [-0.1, -0.05) is 40.8 Å². The first-order chi connectivity index (χ1) is 5.61. The van der Waals surface area contributed by atoms with Crippen LogP contribution in [0.25, 0.3) is 0 Å². The van der Waals surface area contributed by atoms with E-state index in [0.717, 1.165) is 5.56 Å². The first-order valence-electron chi connectivity index (χ1n) is 3.57. The topological polar surface area (TPSA) is 34.1 Å². The first-order valence-corrected chi connectivity index (χ1v) is 6.47. The number of alkyl halides is 1. The van der Waals surface area contributed by atoms with E-state index in [4.69, 9.17) is 0 Å². The van der Waals surface area contributed by atoms with Crippen molar-refractivity contribution in [3.05, 3.63) is 29.8 Å². The second-order valence-electron chi connectivity index (χ2n) is 2.79. The summed E-state index contributed by atoms with van der Waals surface area (Å²) < 4.78 is 23.0. The van der Waals surface area contributed by atoms with Crippen LogP contribution in [0.1, 0.15) is 9.49 Å². The highest BCUT2D eigenvalue weighted by Gasteiger charge is 2.32. The van der Waals surface area contributed by atoms with Gasteiger partial charge in [0.1, 0.15) is 0 Å². The lowest BCUT2D eigenvalue weighted by atomic mass is 10.2. The molecule has 1 aliphatic rings. The number of rotatable bonds is 0. The average Bonchev–Trinajstić information content (AvgIpc) is 2.25. The largest absolute Gasteiger partial charge is 0.224 e. The van der Waals surface area contributed by atoms with E-state index in [1.807, 2.05) is 12.1 Å². The van der Waals surface area contributed by atoms with Gasteiger partial charge < -0.3 is 0 Å². The van der Waals surface area contributed by atoms with Gasteiger partial charge >= 0.3 is 0 Å². The van der Waals surface area contributed by atoms with Crippen LogP contribution in [0.4, 0.5) is 0 Å². The van der Waals surface area contributed by atoms with Crippen molar-refractivity contribution in [1.29, 1.82) is 0 Å². The van der Waals surface area contributed by atoms with Crippen molar-refractivity contribution in [2.75, 3.05) is 5.75 Å². The highest BCUT2D eigenvalue weighted by Crippen LogP contribution is 2.38. The van der Waals surface area contributed by atoms with Gasteiger partial charge in [-0.05, 0) is 11.6 Å². The fraction of sp³-hybridized carbons (Fsp3) is 0.250. The van der Waals surface area contributed by atoms with Crippen molar-refractivity contribution in [2.24, 2.45) is 0 Å². The molecule has 0 N–H and O–H groups in total. The molecule has 4 heteroatoms. The zero-order chi connectivity index (χ0) is 8.77. The van der Waals surface area contributed by atoms with Crippen LogP contribution in [0, 0.1) is 0 Å². The smallest absolute Gasteiger partial charge is 0.180 e. The summed E-state index contributed by atoms with van der Waals surface area (Å²) in [5, 5.41) is 0. The maximum absolute atomic E-state index is 11.5. The van der Waals surface area contributed by atoms with Gasteiger partial charge in [0.2, 0.25) is 0 Å². The molecule has 0 aromatic heterocycles. The van der Waals surface area contributed by atoms with Crippen LogP contribution in [-0.4, -0.2) is 14.2 Å². The van der Waals surface area contributed by atoms with Crippen LogP contribution in [-0.2, 0) is 9.84 Å². The molecular weight excluding hydrogens is 287 g/mol. The molecule has 2 nitrogen and oxygen atoms in total. The van der Waals surface area contributed by atoms with Gasteiger partial charge in [0.05, 0.1) is 14.6 Å². The Labute approximate surface area is 85.0 Å². The maximum atomic E-state index is 11.5. The third-order valence-electron chi connectivity index (χ3n) is 1.96. The number of benzene rings is 1. The van der Waals surface area contributed by atoms with Crippen LogP contribution < -0.4 is 0 Å². The molecule has 1 aromatic carbocycles. The standard InChI is InChI=1S/C8H7IO2S/c9-7-5-12(10,11)8-4-2-1-3-6(7)8/h1-4,7H,5H2. The predicted molar refractivity (Wildman–Crippen MR) is 55.3 cm³/mol. The summed E-state index contributed by atoms with van der Waals surface area (Å²) in [5.74, 6) is 0.257. The molecule has 0 saturated heterocycles. The SMILES string of the molecule is O=S1(=O)CC(I)c2ccccc21. The summed E-state index contributed by atoms with van der Waals surface area (Å²) in [5.41, 5.74) is 0.957. The van der Waals surface area contributed by atoms with Crippen molar-refractivity contribution in [2.45, 2.75) is 8.82 Å². The minimum atomic E-state index is -2.96. The highest BCUT2D eigenvalue weighted by molar-refractivity contribution is 14.1. The molecule has 1 atom stereocenters. The van der Waals surface area contributed by atoms with Gasteiger partial charge in [0.15, 0.2) is 9.84 Å². The van der Waals surface area contributed by atoms with Gasteiger partial charge in [-0.2, -0.15) is 0 Å². The van der Waals surface area contributed by atoms with Crippen LogP contribution in [0.5, 0.6) is 0 Å². The van der Waals surface area contributed by atoms with Crippen molar-refractivity contribution < 1.29 is 8.42 Å². The molecule has 1 heterocycles. The Morgan fingerprint density at radius 2 is 2.00 bits per heavy atom. The van der Waals surface area contributed by atoms with Crippen molar-refractivity contribution in [3.63, 3.8) is 0 Å². The fourth-order valence-corrected chi connectivity index (χ4v) is 5.17. The summed E-state index contributed by atoms with van der Waals surface area (Å²) in [7, 11) is -2.96. The van der Waals surface area contributed by atoms with Gasteiger partial charge in [0.25, 0.3) is 0 Å². The Hall–Kier alpha value is -0.100. The zero-order valence-corrected chi connectivity index (χ0v) is 9.17. The normalized spacial score (nSPS) is 25.2. The van der Waals surface area contributed by atoms with Crippen LogP contribution in [0.2, 0.25) is 0 Å². The van der Waals surface area contributed by atoms with E-state index < -0.39 is 9.84 Å². The van der Waals surface area contributed by atoms with Gasteiger partial charge in [-0.25, -0.2) is 8.42 Å². The van der Waals surface area contributed by atoms with E-state index >= 15 is 0 Å². The molecule has 0 radical (unpaired) electrons. The Kier molecular flexibility index (Phi) is 1.91. The summed E-state index contributed by atoms with van der Waals surface area (Å²) in [4.78, 5) is 0.518. The molecule has 0 fully saturated rings. The molecule has 1 unspecified atom stereocenters. The predicted octanol–water partition coefficient (Wildman–Crippen LogP) is 1.95. The Bertz CT molecular complexity index is 411. The molecule has 2 rings (SSSR count). The molecule has 1 aromatic rings. The fourth-order valence-electron chi connectivity index (χ4n) is 1.39. The number of halogens is 1. The number of hydrogen-bond acceptors (Lipinski definition) is 2. The molecular formula is C8H7IO2S. The van der Waals surface area contributed by atoms with E-state index in [0.29, 0.717) is 4.90 Å². The van der Waals surface area contributed by atoms with E-state index in [1.165, 1.54) is 0 Å². The third kappa shape index (κ3) is 1.17. The van der Waals surface area contributed by atoms with Crippen LogP contribution in [0.3, 0.4) is 0 Å². The highest BCUT2D eigenvalue weighted by atomic mass is 127. The maximum Gasteiger partial charge on any atom is 0.180 e. The van der Waals surface area contributed by atoms with E-state index in [-0.39, 0.29) is 9.68 Å². The summed E-state index contributed by atoms with van der Waals surface area (Å²) in [6, 6.07) is 7.22. The minimum Gasteiger partial charge on any atom is -0.224 e. The van der Waals surface area contributed by atoms with E-state index in [2.05, 4.69) is 22.6 Å². The van der Waals surface area contributed by atoms with Crippen molar-refractivity contribution in [3.8, 4) is 0 Å². The van der Waals surface area contributed by atoms with Gasteiger partial charge in [0, 0.05) is 0 Å². The van der Waals surface area contributed by atoms with Crippen LogP contribution in [0.15, 0.2) is 29.2 Å². The second-order valence-corrected chi connectivity index (χ2v) is 6.29. The van der Waals surface area contributed by atoms with E-state index in [9.17, 15) is 8.42 Å². The van der Waals surface area contributed by atoms with Gasteiger partial charge in [-0.15, -0.1) is 0 Å². The third-order valence-corrected chi connectivity index (χ3v) is 5.48. The lowest BCUT2D eigenvalue weighted by Gasteiger charge is -1.97. The molecule has 0 spiro atoms.